The molecule has 1 aliphatic rings. The van der Waals surface area contributed by atoms with Crippen LogP contribution in [0.25, 0.3) is 0 Å². The molecule has 1 aromatic rings. The molecule has 1 amide bonds. The number of nitrogens with two attached hydrogens (primary N) is 1. The summed E-state index contributed by atoms with van der Waals surface area (Å²) in [5.74, 6) is -0.856. The Bertz CT molecular complexity index is 704. The van der Waals surface area contributed by atoms with E-state index in [1.165, 1.54) is 13.3 Å². The highest BCUT2D eigenvalue weighted by molar-refractivity contribution is 8.00. The maximum absolute atomic E-state index is 11.8. The minimum atomic E-state index is -2.58. The van der Waals surface area contributed by atoms with Crippen molar-refractivity contribution in [1.82, 2.24) is 9.55 Å². The van der Waals surface area contributed by atoms with Crippen LogP contribution in [0.5, 0.6) is 0 Å². The average molecular weight is 351 g/mol. The maximum Gasteiger partial charge on any atom is 0.330 e. The van der Waals surface area contributed by atoms with Crippen molar-refractivity contribution in [3.63, 3.8) is 0 Å². The molecule has 4 N–H and O–H groups in total. The van der Waals surface area contributed by atoms with Crippen LogP contribution in [0.1, 0.15) is 6.23 Å². The van der Waals surface area contributed by atoms with Crippen molar-refractivity contribution < 1.29 is 23.7 Å². The molecule has 1 fully saturated rings. The number of H-pyrrole nitrogens is 1. The second kappa shape index (κ2) is 6.82. The van der Waals surface area contributed by atoms with Crippen molar-refractivity contribution in [2.75, 3.05) is 7.11 Å². The Kier molecular flexibility index (Phi) is 5.27. The van der Waals surface area contributed by atoms with Crippen LogP contribution in [0, 0.1) is 0 Å². The second-order valence-corrected chi connectivity index (χ2v) is 6.23. The number of nitrogens with one attached hydrogen (secondary N) is 1. The van der Waals surface area contributed by atoms with Crippen molar-refractivity contribution in [2.45, 2.75) is 24.5 Å². The molecule has 1 aromatic heterocycles. The summed E-state index contributed by atoms with van der Waals surface area (Å²) in [6.07, 6.45) is -3.15. The maximum atomic E-state index is 11.8. The van der Waals surface area contributed by atoms with Crippen LogP contribution in [-0.2, 0) is 30.6 Å². The highest BCUT2D eigenvalue weighted by Crippen LogP contribution is 2.36. The SMILES string of the molecule is COC1C(O[PH](O)=S)C(C(N)=O)OC1n1ccc(=O)[nH]c1=O. The quantitative estimate of drug-likeness (QED) is 0.508. The third-order valence-electron chi connectivity index (χ3n) is 3.10. The lowest BCUT2D eigenvalue weighted by Crippen LogP contribution is -2.42. The zero-order valence-corrected chi connectivity index (χ0v) is 13.1. The number of aromatic nitrogens is 2. The van der Waals surface area contributed by atoms with Gasteiger partial charge in [0.05, 0.1) is 0 Å². The molecule has 0 saturated carbocycles. The van der Waals surface area contributed by atoms with E-state index in [4.69, 9.17) is 19.7 Å². The number of nitrogens with zero attached hydrogens (tertiary/aromatic N) is 1. The first-order valence-corrected chi connectivity index (χ1v) is 8.52. The molecule has 1 saturated heterocycles. The highest BCUT2D eigenvalue weighted by atomic mass is 32.4. The standard InChI is InChI=1S/C10H14N3O7PS/c1-18-7-5(20-21(17)22)6(8(11)15)19-9(7)13-3-2-4(14)12-10(13)16/h2-3,5-7,9,21H,1H3,(H2,11,15)(H,17,22)(H,12,14,16). The summed E-state index contributed by atoms with van der Waals surface area (Å²) in [5, 5.41) is 0. The number of hydrogen-bond donors (Lipinski definition) is 3. The number of aromatic amines is 1. The van der Waals surface area contributed by atoms with Gasteiger partial charge in [0.15, 0.2) is 19.5 Å². The highest BCUT2D eigenvalue weighted by Gasteiger charge is 2.50. The molecule has 22 heavy (non-hydrogen) atoms. The van der Waals surface area contributed by atoms with E-state index in [0.717, 1.165) is 10.6 Å². The zero-order valence-electron chi connectivity index (χ0n) is 11.3. The van der Waals surface area contributed by atoms with Gasteiger partial charge in [-0.25, -0.2) is 4.79 Å². The smallest absolute Gasteiger partial charge is 0.330 e. The fourth-order valence-electron chi connectivity index (χ4n) is 2.22. The number of carbonyl (C=O) groups excluding carboxylic acids is 1. The topological polar surface area (TPSA) is 146 Å². The Morgan fingerprint density at radius 3 is 2.73 bits per heavy atom. The van der Waals surface area contributed by atoms with Gasteiger partial charge in [0.1, 0.15) is 12.2 Å². The molecule has 12 heteroatoms. The fraction of sp³-hybridized carbons (Fsp3) is 0.500. The van der Waals surface area contributed by atoms with E-state index in [-0.39, 0.29) is 0 Å². The van der Waals surface area contributed by atoms with Gasteiger partial charge in [-0.1, -0.05) is 0 Å². The summed E-state index contributed by atoms with van der Waals surface area (Å²) in [4.78, 5) is 45.8. The zero-order chi connectivity index (χ0) is 16.4. The Balaban J connectivity index is 2.43. The second-order valence-electron chi connectivity index (χ2n) is 4.42. The first kappa shape index (κ1) is 17.0. The molecule has 0 radical (unpaired) electrons. The van der Waals surface area contributed by atoms with Gasteiger partial charge in [-0.3, -0.25) is 19.1 Å². The van der Waals surface area contributed by atoms with E-state index in [9.17, 15) is 19.3 Å². The molecule has 2 heterocycles. The van der Waals surface area contributed by atoms with E-state index in [2.05, 4.69) is 16.8 Å². The predicted molar refractivity (Wildman–Crippen MR) is 78.0 cm³/mol. The minimum Gasteiger partial charge on any atom is -0.374 e. The Morgan fingerprint density at radius 1 is 1.55 bits per heavy atom. The average Bonchev–Trinajstić information content (AvgIpc) is 2.76. The molecular formula is C10H14N3O7PS. The molecule has 0 aromatic carbocycles. The largest absolute Gasteiger partial charge is 0.374 e. The van der Waals surface area contributed by atoms with Gasteiger partial charge in [-0.15, -0.1) is 0 Å². The lowest BCUT2D eigenvalue weighted by atomic mass is 10.1. The molecule has 0 spiro atoms. The van der Waals surface area contributed by atoms with Crippen LogP contribution in [-0.4, -0.2) is 45.8 Å². The van der Waals surface area contributed by atoms with Crippen molar-refractivity contribution in [3.05, 3.63) is 33.1 Å². The molecule has 5 atom stereocenters. The molecule has 1 aliphatic heterocycles. The molecule has 2 rings (SSSR count). The summed E-state index contributed by atoms with van der Waals surface area (Å²) >= 11 is 4.61. The number of amides is 1. The van der Waals surface area contributed by atoms with Gasteiger partial charge in [0, 0.05) is 19.4 Å². The van der Waals surface area contributed by atoms with Crippen LogP contribution in [0.2, 0.25) is 0 Å². The van der Waals surface area contributed by atoms with Crippen molar-refractivity contribution in [1.29, 1.82) is 0 Å². The van der Waals surface area contributed by atoms with Crippen LogP contribution >= 0.6 is 7.15 Å². The fourth-order valence-corrected chi connectivity index (χ4v) is 3.04. The molecule has 5 unspecified atom stereocenters. The number of ether oxygens (including phenoxy) is 2. The summed E-state index contributed by atoms with van der Waals surface area (Å²) < 4.78 is 16.8. The summed E-state index contributed by atoms with van der Waals surface area (Å²) in [6, 6.07) is 1.11. The van der Waals surface area contributed by atoms with Gasteiger partial charge in [-0.2, -0.15) is 0 Å². The van der Waals surface area contributed by atoms with E-state index in [1.54, 1.807) is 0 Å². The summed E-state index contributed by atoms with van der Waals surface area (Å²) in [7, 11) is -1.27. The number of hydrogen-bond acceptors (Lipinski definition) is 7. The minimum absolute atomic E-state index is 0.584. The van der Waals surface area contributed by atoms with Gasteiger partial charge in [0.2, 0.25) is 5.91 Å². The van der Waals surface area contributed by atoms with E-state index < -0.39 is 48.8 Å². The first-order valence-electron chi connectivity index (χ1n) is 6.03. The molecule has 10 nitrogen and oxygen atoms in total. The predicted octanol–water partition coefficient (Wildman–Crippen LogP) is -2.18. The van der Waals surface area contributed by atoms with Gasteiger partial charge in [0.25, 0.3) is 5.56 Å². The Morgan fingerprint density at radius 2 is 2.23 bits per heavy atom. The number of carbonyl (C=O) groups is 1. The van der Waals surface area contributed by atoms with Gasteiger partial charge < -0.3 is 24.6 Å². The summed E-state index contributed by atoms with van der Waals surface area (Å²) in [5.41, 5.74) is 3.90. The van der Waals surface area contributed by atoms with Gasteiger partial charge in [-0.05, 0) is 11.8 Å². The lowest BCUT2D eigenvalue weighted by molar-refractivity contribution is -0.133. The number of rotatable bonds is 5. The van der Waals surface area contributed by atoms with Crippen LogP contribution < -0.4 is 17.0 Å². The van der Waals surface area contributed by atoms with Crippen LogP contribution in [0.3, 0.4) is 0 Å². The third-order valence-corrected chi connectivity index (χ3v) is 3.87. The van der Waals surface area contributed by atoms with E-state index in [0.29, 0.717) is 0 Å². The molecule has 122 valence electrons. The molecule has 0 aliphatic carbocycles. The first-order chi connectivity index (χ1) is 10.3. The van der Waals surface area contributed by atoms with E-state index in [1.807, 2.05) is 0 Å². The lowest BCUT2D eigenvalue weighted by Gasteiger charge is -2.22. The third kappa shape index (κ3) is 3.35. The number of methoxy groups -OCH3 is 1. The normalized spacial score (nSPS) is 29.4. The van der Waals surface area contributed by atoms with Crippen LogP contribution in [0.4, 0.5) is 0 Å². The number of primary amides is 1. The van der Waals surface area contributed by atoms with E-state index >= 15 is 0 Å². The monoisotopic (exact) mass is 351 g/mol. The van der Waals surface area contributed by atoms with Crippen molar-refractivity contribution in [2.24, 2.45) is 5.73 Å². The van der Waals surface area contributed by atoms with Crippen molar-refractivity contribution >= 4 is 24.9 Å². The Hall–Kier alpha value is -1.36. The molecular weight excluding hydrogens is 337 g/mol. The summed E-state index contributed by atoms with van der Waals surface area (Å²) in [6.45, 7) is 0. The Labute approximate surface area is 129 Å². The van der Waals surface area contributed by atoms with Gasteiger partial charge >= 0.3 is 5.69 Å². The van der Waals surface area contributed by atoms with Crippen molar-refractivity contribution in [3.8, 4) is 0 Å². The van der Waals surface area contributed by atoms with Crippen LogP contribution in [0.15, 0.2) is 21.9 Å². The molecule has 0 bridgehead atoms.